The Morgan fingerprint density at radius 1 is 1.16 bits per heavy atom. The van der Waals surface area contributed by atoms with Gasteiger partial charge in [0.05, 0.1) is 22.9 Å². The van der Waals surface area contributed by atoms with Crippen LogP contribution in [-0.4, -0.2) is 17.6 Å². The molecule has 0 atom stereocenters. The van der Waals surface area contributed by atoms with Crippen LogP contribution in [0.5, 0.6) is 0 Å². The standard InChI is InChI=1S/C21H23NO2S/c1-13-14(2)25-20-17-6-4-5-7-18(17)22(19(13)20)12-15-8-10-16(11-9-15)21(23)24-3/h8-11H,4-7,12H2,1-3H3. The van der Waals surface area contributed by atoms with E-state index >= 15 is 0 Å². The molecule has 3 aromatic rings. The number of hydrogen-bond donors (Lipinski definition) is 0. The first-order chi connectivity index (χ1) is 12.1. The largest absolute Gasteiger partial charge is 0.465 e. The number of nitrogens with zero attached hydrogens (tertiary/aromatic N) is 1. The van der Waals surface area contributed by atoms with Crippen molar-refractivity contribution in [3.63, 3.8) is 0 Å². The number of fused-ring (bicyclic) bond motifs is 3. The van der Waals surface area contributed by atoms with Crippen LogP contribution in [0, 0.1) is 13.8 Å². The smallest absolute Gasteiger partial charge is 0.337 e. The first-order valence-electron chi connectivity index (χ1n) is 8.87. The molecule has 2 heterocycles. The summed E-state index contributed by atoms with van der Waals surface area (Å²) in [5.41, 5.74) is 7.77. The fourth-order valence-electron chi connectivity index (χ4n) is 3.93. The number of esters is 1. The number of ether oxygens (including phenoxy) is 1. The van der Waals surface area contributed by atoms with Crippen LogP contribution in [0.3, 0.4) is 0 Å². The minimum atomic E-state index is -0.281. The monoisotopic (exact) mass is 353 g/mol. The normalized spacial score (nSPS) is 13.9. The summed E-state index contributed by atoms with van der Waals surface area (Å²) in [6, 6.07) is 7.81. The number of aromatic nitrogens is 1. The van der Waals surface area contributed by atoms with E-state index in [1.165, 1.54) is 64.7 Å². The molecule has 1 aliphatic carbocycles. The lowest BCUT2D eigenvalue weighted by Crippen LogP contribution is -2.10. The van der Waals surface area contributed by atoms with E-state index in [0.29, 0.717) is 5.56 Å². The van der Waals surface area contributed by atoms with E-state index in [1.54, 1.807) is 5.56 Å². The number of benzene rings is 1. The van der Waals surface area contributed by atoms with Gasteiger partial charge in [0.2, 0.25) is 0 Å². The van der Waals surface area contributed by atoms with E-state index < -0.39 is 0 Å². The van der Waals surface area contributed by atoms with Gasteiger partial charge in [0.25, 0.3) is 0 Å². The molecule has 1 aromatic carbocycles. The number of carbonyl (C=O) groups is 1. The lowest BCUT2D eigenvalue weighted by atomic mass is 9.98. The van der Waals surface area contributed by atoms with Gasteiger partial charge in [-0.1, -0.05) is 12.1 Å². The molecule has 0 bridgehead atoms. The molecule has 25 heavy (non-hydrogen) atoms. The third-order valence-electron chi connectivity index (χ3n) is 5.38. The highest BCUT2D eigenvalue weighted by molar-refractivity contribution is 7.19. The highest BCUT2D eigenvalue weighted by Crippen LogP contribution is 2.40. The average Bonchev–Trinajstić information content (AvgIpc) is 3.10. The Morgan fingerprint density at radius 2 is 1.88 bits per heavy atom. The van der Waals surface area contributed by atoms with Crippen molar-refractivity contribution in [2.45, 2.75) is 46.1 Å². The van der Waals surface area contributed by atoms with E-state index in [2.05, 4.69) is 18.4 Å². The van der Waals surface area contributed by atoms with Crippen molar-refractivity contribution in [3.8, 4) is 0 Å². The number of thiophene rings is 1. The van der Waals surface area contributed by atoms with E-state index in [4.69, 9.17) is 4.74 Å². The van der Waals surface area contributed by atoms with Crippen molar-refractivity contribution in [1.82, 2.24) is 4.57 Å². The van der Waals surface area contributed by atoms with E-state index in [1.807, 2.05) is 35.6 Å². The van der Waals surface area contributed by atoms with Crippen LogP contribution in [0.1, 0.15) is 50.5 Å². The first kappa shape index (κ1) is 16.4. The summed E-state index contributed by atoms with van der Waals surface area (Å²) >= 11 is 1.95. The molecule has 2 aromatic heterocycles. The van der Waals surface area contributed by atoms with Crippen LogP contribution in [0.4, 0.5) is 0 Å². The molecule has 4 heteroatoms. The summed E-state index contributed by atoms with van der Waals surface area (Å²) in [6.45, 7) is 5.34. The molecule has 0 radical (unpaired) electrons. The van der Waals surface area contributed by atoms with Crippen molar-refractivity contribution in [3.05, 3.63) is 57.1 Å². The van der Waals surface area contributed by atoms with Crippen LogP contribution in [0.2, 0.25) is 0 Å². The highest BCUT2D eigenvalue weighted by Gasteiger charge is 2.23. The molecule has 0 saturated carbocycles. The lowest BCUT2D eigenvalue weighted by Gasteiger charge is -2.17. The van der Waals surface area contributed by atoms with E-state index in [9.17, 15) is 4.79 Å². The van der Waals surface area contributed by atoms with E-state index in [0.717, 1.165) is 6.54 Å². The molecule has 130 valence electrons. The molecule has 0 amide bonds. The topological polar surface area (TPSA) is 31.2 Å². The maximum atomic E-state index is 11.6. The summed E-state index contributed by atoms with van der Waals surface area (Å²) in [5, 5.41) is 0. The highest BCUT2D eigenvalue weighted by atomic mass is 32.1. The molecule has 3 nitrogen and oxygen atoms in total. The Balaban J connectivity index is 1.77. The average molecular weight is 353 g/mol. The third kappa shape index (κ3) is 2.69. The van der Waals surface area contributed by atoms with Gasteiger partial charge in [0.1, 0.15) is 0 Å². The van der Waals surface area contributed by atoms with Gasteiger partial charge in [-0.05, 0) is 68.4 Å². The van der Waals surface area contributed by atoms with Crippen LogP contribution in [0.15, 0.2) is 24.3 Å². The van der Waals surface area contributed by atoms with E-state index in [-0.39, 0.29) is 5.97 Å². The summed E-state index contributed by atoms with van der Waals surface area (Å²) in [7, 11) is 1.42. The van der Waals surface area contributed by atoms with Crippen molar-refractivity contribution in [2.24, 2.45) is 0 Å². The number of methoxy groups -OCH3 is 1. The minimum absolute atomic E-state index is 0.281. The molecular weight excluding hydrogens is 330 g/mol. The van der Waals surface area contributed by atoms with Gasteiger partial charge in [0.15, 0.2) is 0 Å². The van der Waals surface area contributed by atoms with Gasteiger partial charge in [-0.25, -0.2) is 4.79 Å². The van der Waals surface area contributed by atoms with Gasteiger partial charge in [-0.2, -0.15) is 0 Å². The Morgan fingerprint density at radius 3 is 2.60 bits per heavy atom. The molecule has 4 rings (SSSR count). The fourth-order valence-corrected chi connectivity index (χ4v) is 5.19. The molecule has 0 spiro atoms. The van der Waals surface area contributed by atoms with Crippen molar-refractivity contribution >= 4 is 27.5 Å². The molecule has 1 aliphatic rings. The summed E-state index contributed by atoms with van der Waals surface area (Å²) in [4.78, 5) is 13.1. The van der Waals surface area contributed by atoms with Crippen LogP contribution < -0.4 is 0 Å². The zero-order chi connectivity index (χ0) is 17.6. The van der Waals surface area contributed by atoms with Crippen molar-refractivity contribution in [1.29, 1.82) is 0 Å². The molecule has 0 fully saturated rings. The van der Waals surface area contributed by atoms with Crippen LogP contribution in [-0.2, 0) is 24.1 Å². The SMILES string of the molecule is COC(=O)c1ccc(Cn2c3c(c4sc(C)c(C)c42)CCCC3)cc1. The lowest BCUT2D eigenvalue weighted by molar-refractivity contribution is 0.0600. The molecule has 0 aliphatic heterocycles. The second-order valence-electron chi connectivity index (χ2n) is 6.87. The maximum Gasteiger partial charge on any atom is 0.337 e. The Hall–Kier alpha value is -2.07. The second kappa shape index (κ2) is 6.34. The first-order valence-corrected chi connectivity index (χ1v) is 9.69. The number of carbonyl (C=O) groups excluding carboxylic acids is 1. The van der Waals surface area contributed by atoms with Gasteiger partial charge in [-0.15, -0.1) is 11.3 Å². The summed E-state index contributed by atoms with van der Waals surface area (Å²) in [5.74, 6) is -0.281. The zero-order valence-corrected chi connectivity index (χ0v) is 15.8. The molecule has 0 N–H and O–H groups in total. The zero-order valence-electron chi connectivity index (χ0n) is 15.0. The quantitative estimate of drug-likeness (QED) is 0.618. The van der Waals surface area contributed by atoms with Crippen LogP contribution in [0.25, 0.3) is 10.2 Å². The van der Waals surface area contributed by atoms with Gasteiger partial charge in [-0.3, -0.25) is 0 Å². The van der Waals surface area contributed by atoms with Gasteiger partial charge >= 0.3 is 5.97 Å². The molecule has 0 saturated heterocycles. The number of rotatable bonds is 3. The Kier molecular flexibility index (Phi) is 4.16. The third-order valence-corrected chi connectivity index (χ3v) is 6.63. The summed E-state index contributed by atoms with van der Waals surface area (Å²) in [6.07, 6.45) is 4.97. The van der Waals surface area contributed by atoms with Gasteiger partial charge < -0.3 is 9.30 Å². The summed E-state index contributed by atoms with van der Waals surface area (Å²) < 4.78 is 8.81. The molecular formula is C21H23NO2S. The fraction of sp³-hybridized carbons (Fsp3) is 0.381. The minimum Gasteiger partial charge on any atom is -0.465 e. The van der Waals surface area contributed by atoms with Crippen LogP contribution >= 0.6 is 11.3 Å². The van der Waals surface area contributed by atoms with Crippen molar-refractivity contribution in [2.75, 3.05) is 7.11 Å². The number of aryl methyl sites for hydroxylation is 3. The molecule has 0 unspecified atom stereocenters. The number of hydrogen-bond acceptors (Lipinski definition) is 3. The van der Waals surface area contributed by atoms with Gasteiger partial charge in [0, 0.05) is 17.1 Å². The predicted molar refractivity (Wildman–Crippen MR) is 103 cm³/mol. The predicted octanol–water partition coefficient (Wildman–Crippen LogP) is 5.03. The maximum absolute atomic E-state index is 11.6. The Labute approximate surface area is 152 Å². The van der Waals surface area contributed by atoms with Crippen molar-refractivity contribution < 1.29 is 9.53 Å². The second-order valence-corrected chi connectivity index (χ2v) is 8.09. The Bertz CT molecular complexity index is 947.